The number of H-pyrrole nitrogens is 1. The van der Waals surface area contributed by atoms with Crippen molar-refractivity contribution >= 4 is 40.7 Å². The zero-order chi connectivity index (χ0) is 22.9. The van der Waals surface area contributed by atoms with Gasteiger partial charge >= 0.3 is 0 Å². The first-order valence-electron chi connectivity index (χ1n) is 10.9. The Labute approximate surface area is 207 Å². The fourth-order valence-corrected chi connectivity index (χ4v) is 5.01. The third-order valence-corrected chi connectivity index (χ3v) is 7.21. The van der Waals surface area contributed by atoms with Gasteiger partial charge in [0.2, 0.25) is 0 Å². The minimum Gasteiger partial charge on any atom is -0.379 e. The summed E-state index contributed by atoms with van der Waals surface area (Å²) in [6.07, 6.45) is 0.859. The highest BCUT2D eigenvalue weighted by atomic mass is 35.5. The molecule has 1 saturated heterocycles. The number of ether oxygens (including phenoxy) is 1. The number of carbonyl (C=O) groups is 1. The summed E-state index contributed by atoms with van der Waals surface area (Å²) in [6, 6.07) is 12.7. The summed E-state index contributed by atoms with van der Waals surface area (Å²) in [5, 5.41) is 9.06. The van der Waals surface area contributed by atoms with Gasteiger partial charge in [0.1, 0.15) is 5.69 Å². The molecule has 2 aliphatic heterocycles. The normalized spacial score (nSPS) is 18.7. The molecule has 1 atom stereocenters. The number of hydrogen-bond acceptors (Lipinski definition) is 4. The number of carbonyl (C=O) groups excluding carboxylic acids is 1. The number of nitrogens with one attached hydrogen (secondary N) is 1. The molecule has 2 aromatic carbocycles. The minimum atomic E-state index is -0.309. The van der Waals surface area contributed by atoms with Crippen LogP contribution in [0.25, 0.3) is 11.3 Å². The number of aromatic nitrogens is 2. The Hall–Kier alpha value is -2.09. The quantitative estimate of drug-likeness (QED) is 0.493. The molecule has 1 fully saturated rings. The van der Waals surface area contributed by atoms with E-state index in [0.717, 1.165) is 61.7 Å². The smallest absolute Gasteiger partial charge is 0.273 e. The van der Waals surface area contributed by atoms with Gasteiger partial charge in [-0.2, -0.15) is 5.10 Å². The van der Waals surface area contributed by atoms with Crippen LogP contribution < -0.4 is 0 Å². The molecule has 1 aromatic heterocycles. The van der Waals surface area contributed by atoms with Crippen molar-refractivity contribution in [2.24, 2.45) is 0 Å². The number of nitrogens with zero attached hydrogens (tertiary/aromatic N) is 3. The van der Waals surface area contributed by atoms with Gasteiger partial charge in [-0.15, -0.1) is 0 Å². The lowest BCUT2D eigenvalue weighted by Crippen LogP contribution is -2.38. The second-order valence-corrected chi connectivity index (χ2v) is 9.50. The highest BCUT2D eigenvalue weighted by Gasteiger charge is 2.42. The molecule has 1 N–H and O–H groups in total. The number of aromatic amines is 1. The Balaban J connectivity index is 1.49. The van der Waals surface area contributed by atoms with Gasteiger partial charge < -0.3 is 9.64 Å². The van der Waals surface area contributed by atoms with Crippen molar-refractivity contribution in [3.63, 3.8) is 0 Å². The van der Waals surface area contributed by atoms with Gasteiger partial charge in [-0.1, -0.05) is 53.0 Å². The molecular formula is C24H23Cl3N4O2. The summed E-state index contributed by atoms with van der Waals surface area (Å²) >= 11 is 18.6. The molecule has 1 amide bonds. The molecule has 0 saturated carbocycles. The van der Waals surface area contributed by atoms with Crippen LogP contribution in [0.4, 0.5) is 0 Å². The first-order chi connectivity index (χ1) is 16.0. The van der Waals surface area contributed by atoms with E-state index in [-0.39, 0.29) is 11.9 Å². The third-order valence-electron chi connectivity index (χ3n) is 6.22. The van der Waals surface area contributed by atoms with Crippen molar-refractivity contribution in [1.29, 1.82) is 0 Å². The van der Waals surface area contributed by atoms with Crippen molar-refractivity contribution in [3.05, 3.63) is 74.4 Å². The zero-order valence-electron chi connectivity index (χ0n) is 17.9. The van der Waals surface area contributed by atoms with E-state index in [0.29, 0.717) is 27.3 Å². The second-order valence-electron chi connectivity index (χ2n) is 8.25. The van der Waals surface area contributed by atoms with Crippen LogP contribution in [0.2, 0.25) is 15.1 Å². The Bertz CT molecular complexity index is 1160. The molecule has 9 heteroatoms. The van der Waals surface area contributed by atoms with Gasteiger partial charge in [0.05, 0.1) is 35.0 Å². The lowest BCUT2D eigenvalue weighted by Gasteiger charge is -2.30. The molecule has 172 valence electrons. The van der Waals surface area contributed by atoms with E-state index in [1.54, 1.807) is 6.07 Å². The first-order valence-corrected chi connectivity index (χ1v) is 12.1. The Kier molecular flexibility index (Phi) is 6.63. The predicted octanol–water partition coefficient (Wildman–Crippen LogP) is 5.30. The number of hydrogen-bond donors (Lipinski definition) is 1. The largest absolute Gasteiger partial charge is 0.379 e. The Morgan fingerprint density at radius 3 is 2.48 bits per heavy atom. The van der Waals surface area contributed by atoms with Crippen LogP contribution in [0.5, 0.6) is 0 Å². The van der Waals surface area contributed by atoms with Crippen molar-refractivity contribution in [2.75, 3.05) is 39.4 Å². The molecular weight excluding hydrogens is 483 g/mol. The number of rotatable bonds is 6. The maximum atomic E-state index is 13.5. The fourth-order valence-electron chi connectivity index (χ4n) is 4.57. The number of amides is 1. The Morgan fingerprint density at radius 1 is 1.00 bits per heavy atom. The zero-order valence-corrected chi connectivity index (χ0v) is 20.1. The highest BCUT2D eigenvalue weighted by Crippen LogP contribution is 2.44. The van der Waals surface area contributed by atoms with E-state index in [9.17, 15) is 4.79 Å². The number of fused-ring (bicyclic) bond motifs is 1. The average Bonchev–Trinajstić information content (AvgIpc) is 3.36. The van der Waals surface area contributed by atoms with Gasteiger partial charge in [0, 0.05) is 42.3 Å². The van der Waals surface area contributed by atoms with Gasteiger partial charge in [-0.3, -0.25) is 14.8 Å². The lowest BCUT2D eigenvalue weighted by atomic mass is 9.96. The summed E-state index contributed by atoms with van der Waals surface area (Å²) in [5.41, 5.74) is 3.90. The summed E-state index contributed by atoms with van der Waals surface area (Å²) in [7, 11) is 0. The summed E-state index contributed by atoms with van der Waals surface area (Å²) < 4.78 is 5.44. The predicted molar refractivity (Wildman–Crippen MR) is 130 cm³/mol. The molecule has 0 radical (unpaired) electrons. The third kappa shape index (κ3) is 4.51. The van der Waals surface area contributed by atoms with Gasteiger partial charge in [0.15, 0.2) is 0 Å². The highest BCUT2D eigenvalue weighted by molar-refractivity contribution is 6.42. The molecule has 2 aliphatic rings. The Morgan fingerprint density at radius 2 is 1.76 bits per heavy atom. The molecule has 33 heavy (non-hydrogen) atoms. The number of halogens is 3. The number of benzene rings is 2. The average molecular weight is 506 g/mol. The van der Waals surface area contributed by atoms with E-state index in [2.05, 4.69) is 15.1 Å². The van der Waals surface area contributed by atoms with E-state index in [1.807, 2.05) is 41.3 Å². The molecule has 6 nitrogen and oxygen atoms in total. The van der Waals surface area contributed by atoms with Crippen LogP contribution in [0.3, 0.4) is 0 Å². The molecule has 0 spiro atoms. The lowest BCUT2D eigenvalue weighted by molar-refractivity contribution is 0.0354. The molecule has 3 aromatic rings. The van der Waals surface area contributed by atoms with Crippen LogP contribution in [0.15, 0.2) is 42.5 Å². The van der Waals surface area contributed by atoms with Gasteiger partial charge in [-0.05, 0) is 36.2 Å². The topological polar surface area (TPSA) is 61.5 Å². The summed E-state index contributed by atoms with van der Waals surface area (Å²) in [6.45, 7) is 4.90. The van der Waals surface area contributed by atoms with Crippen molar-refractivity contribution in [3.8, 4) is 11.3 Å². The molecule has 0 aliphatic carbocycles. The maximum absolute atomic E-state index is 13.5. The number of morpholine rings is 1. The van der Waals surface area contributed by atoms with Gasteiger partial charge in [-0.25, -0.2) is 0 Å². The summed E-state index contributed by atoms with van der Waals surface area (Å²) in [4.78, 5) is 17.7. The van der Waals surface area contributed by atoms with E-state index >= 15 is 0 Å². The van der Waals surface area contributed by atoms with E-state index < -0.39 is 0 Å². The van der Waals surface area contributed by atoms with Crippen LogP contribution in [-0.2, 0) is 4.74 Å². The molecule has 0 bridgehead atoms. The SMILES string of the molecule is O=C1c2[nH]nc(-c3ccc(Cl)cc3)c2C(c2ccc(Cl)c(Cl)c2)N1CCCN1CCOCC1. The van der Waals surface area contributed by atoms with Crippen molar-refractivity contribution in [2.45, 2.75) is 12.5 Å². The van der Waals surface area contributed by atoms with Crippen LogP contribution in [0.1, 0.15) is 34.1 Å². The minimum absolute atomic E-state index is 0.0595. The maximum Gasteiger partial charge on any atom is 0.273 e. The molecule has 3 heterocycles. The van der Waals surface area contributed by atoms with Crippen LogP contribution in [0, 0.1) is 0 Å². The standard InChI is InChI=1S/C24H23Cl3N4O2/c25-17-5-2-15(3-6-17)21-20-22(29-28-21)24(32)31(9-1-8-30-10-12-33-13-11-30)23(20)16-4-7-18(26)19(27)14-16/h2-7,14,23H,1,8-13H2,(H,28,29). The fraction of sp³-hybridized carbons (Fsp3) is 0.333. The monoisotopic (exact) mass is 504 g/mol. The summed E-state index contributed by atoms with van der Waals surface area (Å²) in [5.74, 6) is -0.0595. The molecule has 1 unspecified atom stereocenters. The van der Waals surface area contributed by atoms with Gasteiger partial charge in [0.25, 0.3) is 5.91 Å². The van der Waals surface area contributed by atoms with Crippen molar-refractivity contribution in [1.82, 2.24) is 20.0 Å². The van der Waals surface area contributed by atoms with Crippen LogP contribution >= 0.6 is 34.8 Å². The van der Waals surface area contributed by atoms with Crippen LogP contribution in [-0.4, -0.2) is 65.3 Å². The van der Waals surface area contributed by atoms with E-state index in [4.69, 9.17) is 39.5 Å². The first kappa shape index (κ1) is 22.7. The van der Waals surface area contributed by atoms with Crippen molar-refractivity contribution < 1.29 is 9.53 Å². The molecule has 5 rings (SSSR count). The van der Waals surface area contributed by atoms with E-state index in [1.165, 1.54) is 0 Å². The second kappa shape index (κ2) is 9.65.